The second-order valence-corrected chi connectivity index (χ2v) is 12.4. The number of hydrogen-bond donors (Lipinski definition) is 2. The van der Waals surface area contributed by atoms with Crippen LogP contribution in [0.5, 0.6) is 0 Å². The lowest BCUT2D eigenvalue weighted by molar-refractivity contribution is -0.134. The molecule has 0 spiro atoms. The van der Waals surface area contributed by atoms with Gasteiger partial charge in [0.15, 0.2) is 0 Å². The SMILES string of the molecule is CCCCCCCC/C=C\CCCCCCCC(=O)C(CCCCCC/C=C\CCCCCCCC)C(=O)NCCO. The zero-order valence-electron chi connectivity index (χ0n) is 28.2. The first kappa shape index (κ1) is 40.6. The van der Waals surface area contributed by atoms with Gasteiger partial charge in [0.25, 0.3) is 0 Å². The molecule has 1 atom stereocenters. The topological polar surface area (TPSA) is 66.4 Å². The van der Waals surface area contributed by atoms with Crippen molar-refractivity contribution in [2.75, 3.05) is 13.2 Å². The van der Waals surface area contributed by atoms with Gasteiger partial charge in [-0.3, -0.25) is 9.59 Å². The molecule has 0 aromatic rings. The van der Waals surface area contributed by atoms with E-state index in [1.807, 2.05) is 0 Å². The molecule has 0 bridgehead atoms. The third kappa shape index (κ3) is 28.7. The molecule has 0 aromatic heterocycles. The van der Waals surface area contributed by atoms with Crippen molar-refractivity contribution >= 4 is 11.7 Å². The van der Waals surface area contributed by atoms with E-state index in [2.05, 4.69) is 43.5 Å². The van der Waals surface area contributed by atoms with Crippen molar-refractivity contribution in [2.45, 2.75) is 187 Å². The minimum absolute atomic E-state index is 0.0840. The Kier molecular flexibility index (Phi) is 32.9. The van der Waals surface area contributed by atoms with Gasteiger partial charge in [0.05, 0.1) is 12.5 Å². The normalized spacial score (nSPS) is 12.5. The molecule has 0 saturated carbocycles. The smallest absolute Gasteiger partial charge is 0.230 e. The molecule has 0 aliphatic heterocycles. The number of hydrogen-bond acceptors (Lipinski definition) is 3. The molecule has 0 aromatic carbocycles. The molecule has 2 N–H and O–H groups in total. The summed E-state index contributed by atoms with van der Waals surface area (Å²) >= 11 is 0. The molecule has 0 radical (unpaired) electrons. The number of Topliss-reactive ketones (excluding diaryl/α,β-unsaturated/α-hetero) is 1. The Labute approximate surface area is 262 Å². The summed E-state index contributed by atoms with van der Waals surface area (Å²) in [5, 5.41) is 11.8. The van der Waals surface area contributed by atoms with Gasteiger partial charge in [-0.05, 0) is 64.2 Å². The summed E-state index contributed by atoms with van der Waals surface area (Å²) in [6.45, 7) is 4.66. The predicted octanol–water partition coefficient (Wildman–Crippen LogP) is 11.0. The molecule has 0 rings (SSSR count). The average Bonchev–Trinajstić information content (AvgIpc) is 2.99. The van der Waals surface area contributed by atoms with Gasteiger partial charge in [-0.25, -0.2) is 0 Å². The molecule has 0 aliphatic rings. The summed E-state index contributed by atoms with van der Waals surface area (Å²) in [5.41, 5.74) is 0. The second-order valence-electron chi connectivity index (χ2n) is 12.4. The van der Waals surface area contributed by atoms with Crippen molar-refractivity contribution in [1.29, 1.82) is 0 Å². The molecular formula is C38H71NO3. The molecule has 0 aliphatic carbocycles. The number of rotatable bonds is 33. The van der Waals surface area contributed by atoms with Crippen molar-refractivity contribution in [2.24, 2.45) is 5.92 Å². The Morgan fingerprint density at radius 3 is 1.36 bits per heavy atom. The van der Waals surface area contributed by atoms with Gasteiger partial charge in [0, 0.05) is 13.0 Å². The Morgan fingerprint density at radius 2 is 0.929 bits per heavy atom. The zero-order chi connectivity index (χ0) is 30.8. The molecule has 42 heavy (non-hydrogen) atoms. The first-order chi connectivity index (χ1) is 20.7. The van der Waals surface area contributed by atoms with Crippen molar-refractivity contribution < 1.29 is 14.7 Å². The number of carbonyl (C=O) groups excluding carboxylic acids is 2. The molecular weight excluding hydrogens is 518 g/mol. The molecule has 4 nitrogen and oxygen atoms in total. The first-order valence-corrected chi connectivity index (χ1v) is 18.4. The highest BCUT2D eigenvalue weighted by atomic mass is 16.3. The predicted molar refractivity (Wildman–Crippen MR) is 183 cm³/mol. The van der Waals surface area contributed by atoms with Crippen molar-refractivity contribution in [3.63, 3.8) is 0 Å². The lowest BCUT2D eigenvalue weighted by Crippen LogP contribution is -2.36. The Balaban J connectivity index is 3.94. The van der Waals surface area contributed by atoms with Gasteiger partial charge in [0.1, 0.15) is 5.78 Å². The van der Waals surface area contributed by atoms with E-state index in [1.54, 1.807) is 0 Å². The van der Waals surface area contributed by atoms with Crippen LogP contribution < -0.4 is 5.32 Å². The van der Waals surface area contributed by atoms with Gasteiger partial charge < -0.3 is 10.4 Å². The average molecular weight is 590 g/mol. The van der Waals surface area contributed by atoms with Crippen LogP contribution in [-0.2, 0) is 9.59 Å². The molecule has 1 amide bonds. The minimum Gasteiger partial charge on any atom is -0.395 e. The fraction of sp³-hybridized carbons (Fsp3) is 0.842. The molecule has 0 saturated heterocycles. The van der Waals surface area contributed by atoms with E-state index in [9.17, 15) is 9.59 Å². The maximum atomic E-state index is 12.9. The van der Waals surface area contributed by atoms with Gasteiger partial charge in [0.2, 0.25) is 5.91 Å². The van der Waals surface area contributed by atoms with E-state index >= 15 is 0 Å². The van der Waals surface area contributed by atoms with Crippen LogP contribution in [0.25, 0.3) is 0 Å². The van der Waals surface area contributed by atoms with E-state index in [4.69, 9.17) is 5.11 Å². The molecule has 246 valence electrons. The largest absolute Gasteiger partial charge is 0.395 e. The van der Waals surface area contributed by atoms with Crippen LogP contribution in [0.15, 0.2) is 24.3 Å². The Hall–Kier alpha value is -1.42. The van der Waals surface area contributed by atoms with Gasteiger partial charge >= 0.3 is 0 Å². The first-order valence-electron chi connectivity index (χ1n) is 18.4. The Bertz CT molecular complexity index is 642. The zero-order valence-corrected chi connectivity index (χ0v) is 28.2. The van der Waals surface area contributed by atoms with E-state index in [1.165, 1.54) is 109 Å². The third-order valence-electron chi connectivity index (χ3n) is 8.31. The highest BCUT2D eigenvalue weighted by molar-refractivity contribution is 6.01. The van der Waals surface area contributed by atoms with Crippen LogP contribution in [0.4, 0.5) is 0 Å². The van der Waals surface area contributed by atoms with E-state index in [0.717, 1.165) is 51.4 Å². The number of carbonyl (C=O) groups is 2. The van der Waals surface area contributed by atoms with E-state index in [0.29, 0.717) is 12.8 Å². The third-order valence-corrected chi connectivity index (χ3v) is 8.31. The quantitative estimate of drug-likeness (QED) is 0.0454. The lowest BCUT2D eigenvalue weighted by atomic mass is 9.92. The second kappa shape index (κ2) is 34.1. The lowest BCUT2D eigenvalue weighted by Gasteiger charge is -2.15. The van der Waals surface area contributed by atoms with E-state index in [-0.39, 0.29) is 24.8 Å². The fourth-order valence-corrected chi connectivity index (χ4v) is 5.53. The highest BCUT2D eigenvalue weighted by Gasteiger charge is 2.25. The fourth-order valence-electron chi connectivity index (χ4n) is 5.53. The highest BCUT2D eigenvalue weighted by Crippen LogP contribution is 2.18. The van der Waals surface area contributed by atoms with Crippen LogP contribution >= 0.6 is 0 Å². The van der Waals surface area contributed by atoms with Gasteiger partial charge in [-0.15, -0.1) is 0 Å². The summed E-state index contributed by atoms with van der Waals surface area (Å²) in [4.78, 5) is 25.5. The van der Waals surface area contributed by atoms with Gasteiger partial charge in [-0.2, -0.15) is 0 Å². The summed E-state index contributed by atoms with van der Waals surface area (Å²) in [6, 6.07) is 0. The number of unbranched alkanes of at least 4 members (excludes halogenated alkanes) is 21. The monoisotopic (exact) mass is 590 g/mol. The minimum atomic E-state index is -0.550. The summed E-state index contributed by atoms with van der Waals surface area (Å²) in [6.07, 6.45) is 41.3. The maximum absolute atomic E-state index is 12.9. The van der Waals surface area contributed by atoms with Crippen molar-refractivity contribution in [3.8, 4) is 0 Å². The molecule has 4 heteroatoms. The standard InChI is InChI=1S/C38H71NO3/c1-3-5-7-9-11-13-15-17-19-21-23-25-27-29-31-33-37(41)36(38(42)39-34-35-40)32-30-28-26-24-22-20-18-16-14-12-10-8-6-4-2/h17-20,36,40H,3-16,21-35H2,1-2H3,(H,39,42)/b19-17-,20-18-. The van der Waals surface area contributed by atoms with Gasteiger partial charge in [-0.1, -0.05) is 141 Å². The number of amides is 1. The Morgan fingerprint density at radius 1 is 0.548 bits per heavy atom. The summed E-state index contributed by atoms with van der Waals surface area (Å²) in [7, 11) is 0. The maximum Gasteiger partial charge on any atom is 0.230 e. The van der Waals surface area contributed by atoms with Crippen LogP contribution in [-0.4, -0.2) is 29.9 Å². The number of nitrogens with one attached hydrogen (secondary N) is 1. The molecule has 1 unspecified atom stereocenters. The molecule has 0 fully saturated rings. The van der Waals surface area contributed by atoms with Crippen molar-refractivity contribution in [3.05, 3.63) is 24.3 Å². The summed E-state index contributed by atoms with van der Waals surface area (Å²) < 4.78 is 0. The number of ketones is 1. The number of aliphatic hydroxyl groups is 1. The number of allylic oxidation sites excluding steroid dienone is 4. The molecule has 0 heterocycles. The summed E-state index contributed by atoms with van der Waals surface area (Å²) in [5.74, 6) is -0.661. The van der Waals surface area contributed by atoms with E-state index < -0.39 is 5.92 Å². The van der Waals surface area contributed by atoms with Crippen LogP contribution in [0.2, 0.25) is 0 Å². The number of aliphatic hydroxyl groups excluding tert-OH is 1. The van der Waals surface area contributed by atoms with Crippen molar-refractivity contribution in [1.82, 2.24) is 5.32 Å². The van der Waals surface area contributed by atoms with Crippen LogP contribution in [0.1, 0.15) is 187 Å². The van der Waals surface area contributed by atoms with Crippen LogP contribution in [0, 0.1) is 5.92 Å². The van der Waals surface area contributed by atoms with Crippen LogP contribution in [0.3, 0.4) is 0 Å².